The molecule has 0 aromatic rings. The standard InChI is InChI=1S/C9H17NO2.ClH/c1-10(2)8-5-7(6-8)9-11-3-4-12-9;/h7-9H,3-6H2,1-2H3;1H. The summed E-state index contributed by atoms with van der Waals surface area (Å²) in [5.74, 6) is 0.653. The molecule has 13 heavy (non-hydrogen) atoms. The normalized spacial score (nSPS) is 34.4. The minimum absolute atomic E-state index is 0. The van der Waals surface area contributed by atoms with Crippen molar-refractivity contribution < 1.29 is 9.47 Å². The van der Waals surface area contributed by atoms with Gasteiger partial charge in [0.05, 0.1) is 13.2 Å². The van der Waals surface area contributed by atoms with E-state index in [9.17, 15) is 0 Å². The van der Waals surface area contributed by atoms with Gasteiger partial charge in [0.25, 0.3) is 0 Å². The van der Waals surface area contributed by atoms with Crippen LogP contribution in [0.25, 0.3) is 0 Å². The zero-order valence-electron chi connectivity index (χ0n) is 8.23. The van der Waals surface area contributed by atoms with Gasteiger partial charge in [-0.05, 0) is 26.9 Å². The monoisotopic (exact) mass is 207 g/mol. The fourth-order valence-electron chi connectivity index (χ4n) is 1.92. The van der Waals surface area contributed by atoms with E-state index in [0.29, 0.717) is 5.92 Å². The summed E-state index contributed by atoms with van der Waals surface area (Å²) in [5, 5.41) is 0. The summed E-state index contributed by atoms with van der Waals surface area (Å²) in [5.41, 5.74) is 0. The van der Waals surface area contributed by atoms with Crippen LogP contribution >= 0.6 is 12.4 Å². The van der Waals surface area contributed by atoms with Crippen LogP contribution in [0.15, 0.2) is 0 Å². The van der Waals surface area contributed by atoms with Crippen molar-refractivity contribution in [1.82, 2.24) is 4.90 Å². The van der Waals surface area contributed by atoms with Crippen LogP contribution in [0.4, 0.5) is 0 Å². The lowest BCUT2D eigenvalue weighted by Crippen LogP contribution is -2.45. The van der Waals surface area contributed by atoms with Gasteiger partial charge in [0.15, 0.2) is 6.29 Å². The fourth-order valence-corrected chi connectivity index (χ4v) is 1.92. The summed E-state index contributed by atoms with van der Waals surface area (Å²) in [6.45, 7) is 1.57. The Morgan fingerprint density at radius 1 is 1.08 bits per heavy atom. The lowest BCUT2D eigenvalue weighted by Gasteiger charge is -2.41. The molecule has 4 heteroatoms. The number of hydrogen-bond acceptors (Lipinski definition) is 3. The average molecular weight is 208 g/mol. The fraction of sp³-hybridized carbons (Fsp3) is 1.00. The molecule has 0 unspecified atom stereocenters. The maximum atomic E-state index is 5.44. The van der Waals surface area contributed by atoms with E-state index in [2.05, 4.69) is 19.0 Å². The summed E-state index contributed by atoms with van der Waals surface area (Å²) in [6.07, 6.45) is 2.58. The molecule has 1 aliphatic heterocycles. The Hall–Kier alpha value is 0.170. The van der Waals surface area contributed by atoms with Gasteiger partial charge in [-0.1, -0.05) is 0 Å². The van der Waals surface area contributed by atoms with Gasteiger partial charge in [-0.2, -0.15) is 0 Å². The van der Waals surface area contributed by atoms with Gasteiger partial charge in [0, 0.05) is 12.0 Å². The Bertz CT molecular complexity index is 154. The molecule has 0 radical (unpaired) electrons. The van der Waals surface area contributed by atoms with E-state index in [1.54, 1.807) is 0 Å². The molecule has 1 heterocycles. The maximum Gasteiger partial charge on any atom is 0.160 e. The number of hydrogen-bond donors (Lipinski definition) is 0. The first-order chi connectivity index (χ1) is 5.77. The Morgan fingerprint density at radius 2 is 1.62 bits per heavy atom. The lowest BCUT2D eigenvalue weighted by atomic mass is 9.79. The summed E-state index contributed by atoms with van der Waals surface area (Å²) in [4.78, 5) is 2.28. The van der Waals surface area contributed by atoms with E-state index in [-0.39, 0.29) is 18.7 Å². The Balaban J connectivity index is 0.000000845. The first-order valence-electron chi connectivity index (χ1n) is 4.67. The van der Waals surface area contributed by atoms with Crippen molar-refractivity contribution in [2.45, 2.75) is 25.2 Å². The molecule has 0 atom stereocenters. The van der Waals surface area contributed by atoms with Crippen molar-refractivity contribution in [2.75, 3.05) is 27.3 Å². The van der Waals surface area contributed by atoms with Gasteiger partial charge in [-0.15, -0.1) is 12.4 Å². The Kier molecular flexibility index (Phi) is 3.98. The van der Waals surface area contributed by atoms with Gasteiger partial charge in [0.1, 0.15) is 0 Å². The molecule has 0 spiro atoms. The predicted molar refractivity (Wildman–Crippen MR) is 53.1 cm³/mol. The number of halogens is 1. The van der Waals surface area contributed by atoms with Crippen LogP contribution < -0.4 is 0 Å². The van der Waals surface area contributed by atoms with E-state index in [1.807, 2.05) is 0 Å². The molecule has 0 N–H and O–H groups in total. The highest BCUT2D eigenvalue weighted by molar-refractivity contribution is 5.85. The van der Waals surface area contributed by atoms with Crippen molar-refractivity contribution >= 4 is 12.4 Å². The first-order valence-corrected chi connectivity index (χ1v) is 4.67. The van der Waals surface area contributed by atoms with E-state index in [4.69, 9.17) is 9.47 Å². The van der Waals surface area contributed by atoms with Gasteiger partial charge in [-0.25, -0.2) is 0 Å². The molecular weight excluding hydrogens is 190 g/mol. The second-order valence-electron chi connectivity index (χ2n) is 3.96. The third kappa shape index (κ3) is 2.34. The second kappa shape index (κ2) is 4.60. The SMILES string of the molecule is CN(C)C1CC(C2OCCO2)C1.Cl. The minimum Gasteiger partial charge on any atom is -0.350 e. The first kappa shape index (κ1) is 11.2. The number of rotatable bonds is 2. The zero-order valence-corrected chi connectivity index (χ0v) is 9.05. The molecule has 1 saturated heterocycles. The van der Waals surface area contributed by atoms with Crippen molar-refractivity contribution in [3.63, 3.8) is 0 Å². The molecule has 1 saturated carbocycles. The maximum absolute atomic E-state index is 5.44. The molecule has 0 aromatic heterocycles. The molecule has 2 fully saturated rings. The second-order valence-corrected chi connectivity index (χ2v) is 3.96. The molecule has 0 bridgehead atoms. The highest BCUT2D eigenvalue weighted by atomic mass is 35.5. The third-order valence-electron chi connectivity index (χ3n) is 2.91. The van der Waals surface area contributed by atoms with Crippen molar-refractivity contribution in [3.05, 3.63) is 0 Å². The summed E-state index contributed by atoms with van der Waals surface area (Å²) in [7, 11) is 4.27. The van der Waals surface area contributed by atoms with Crippen LogP contribution in [0.5, 0.6) is 0 Å². The summed E-state index contributed by atoms with van der Waals surface area (Å²) >= 11 is 0. The van der Waals surface area contributed by atoms with Crippen LogP contribution in [0, 0.1) is 5.92 Å². The van der Waals surface area contributed by atoms with Crippen molar-refractivity contribution in [3.8, 4) is 0 Å². The highest BCUT2D eigenvalue weighted by Gasteiger charge is 2.38. The van der Waals surface area contributed by atoms with E-state index < -0.39 is 0 Å². The number of ether oxygens (including phenoxy) is 2. The molecule has 0 amide bonds. The molecule has 1 aliphatic carbocycles. The Morgan fingerprint density at radius 3 is 2.08 bits per heavy atom. The van der Waals surface area contributed by atoms with Crippen LogP contribution in [0.1, 0.15) is 12.8 Å². The van der Waals surface area contributed by atoms with Crippen LogP contribution in [-0.2, 0) is 9.47 Å². The average Bonchev–Trinajstić information content (AvgIpc) is 2.34. The Labute approximate surface area is 85.8 Å². The predicted octanol–water partition coefficient (Wildman–Crippen LogP) is 1.12. The number of nitrogens with zero attached hydrogens (tertiary/aromatic N) is 1. The zero-order chi connectivity index (χ0) is 8.55. The van der Waals surface area contributed by atoms with Gasteiger partial charge in [-0.3, -0.25) is 0 Å². The van der Waals surface area contributed by atoms with Gasteiger partial charge < -0.3 is 14.4 Å². The molecule has 2 rings (SSSR count). The molecule has 78 valence electrons. The molecule has 2 aliphatic rings. The van der Waals surface area contributed by atoms with Crippen LogP contribution in [0.3, 0.4) is 0 Å². The van der Waals surface area contributed by atoms with E-state index >= 15 is 0 Å². The van der Waals surface area contributed by atoms with E-state index in [0.717, 1.165) is 19.3 Å². The third-order valence-corrected chi connectivity index (χ3v) is 2.91. The van der Waals surface area contributed by atoms with Crippen LogP contribution in [0.2, 0.25) is 0 Å². The van der Waals surface area contributed by atoms with Crippen molar-refractivity contribution in [2.24, 2.45) is 5.92 Å². The molecule has 3 nitrogen and oxygen atoms in total. The van der Waals surface area contributed by atoms with E-state index in [1.165, 1.54) is 12.8 Å². The summed E-state index contributed by atoms with van der Waals surface area (Å²) in [6, 6.07) is 0.753. The highest BCUT2D eigenvalue weighted by Crippen LogP contribution is 2.35. The van der Waals surface area contributed by atoms with Gasteiger partial charge in [0.2, 0.25) is 0 Å². The van der Waals surface area contributed by atoms with Crippen LogP contribution in [-0.4, -0.2) is 44.5 Å². The smallest absolute Gasteiger partial charge is 0.160 e. The quantitative estimate of drug-likeness (QED) is 0.678. The largest absolute Gasteiger partial charge is 0.350 e. The summed E-state index contributed by atoms with van der Waals surface area (Å²) < 4.78 is 10.9. The van der Waals surface area contributed by atoms with Crippen molar-refractivity contribution in [1.29, 1.82) is 0 Å². The van der Waals surface area contributed by atoms with Gasteiger partial charge >= 0.3 is 0 Å². The minimum atomic E-state index is 0. The molecule has 0 aromatic carbocycles. The molecular formula is C9H18ClNO2. The lowest BCUT2D eigenvalue weighted by molar-refractivity contribution is -0.120. The topological polar surface area (TPSA) is 21.7 Å².